The molecule has 0 atom stereocenters. The van der Waals surface area contributed by atoms with Gasteiger partial charge in [0.05, 0.1) is 0 Å². The Kier molecular flexibility index (Phi) is 2.07. The maximum absolute atomic E-state index is 2.39. The lowest BCUT2D eigenvalue weighted by atomic mass is 11.8. The predicted octanol–water partition coefficient (Wildman–Crippen LogP) is 1.57. The van der Waals surface area contributed by atoms with E-state index in [0.717, 1.165) is 0 Å². The van der Waals surface area contributed by atoms with Gasteiger partial charge in [-0.3, -0.25) is 0 Å². The molecule has 0 bridgehead atoms. The third kappa shape index (κ3) is 4.43. The van der Waals surface area contributed by atoms with E-state index in [4.69, 9.17) is 0 Å². The van der Waals surface area contributed by atoms with Gasteiger partial charge in [0, 0.05) is 16.6 Å². The molecule has 0 saturated heterocycles. The lowest BCUT2D eigenvalue weighted by Gasteiger charge is -2.08. The zero-order valence-corrected chi connectivity index (χ0v) is 7.00. The van der Waals surface area contributed by atoms with E-state index in [1.54, 1.807) is 0 Å². The van der Waals surface area contributed by atoms with Crippen LogP contribution in [0, 0.1) is 0 Å². The standard InChI is InChI=1S/C4H12Si2/c1-5-6(2,3)4/h1-4H3. The summed E-state index contributed by atoms with van der Waals surface area (Å²) < 4.78 is 0. The molecular weight excluding hydrogens is 104 g/mol. The van der Waals surface area contributed by atoms with Gasteiger partial charge in [0.2, 0.25) is 0 Å². The smallest absolute Gasteiger partial charge is 0.0324 e. The average Bonchev–Trinajstić information content (AvgIpc) is 1.35. The second-order valence-corrected chi connectivity index (χ2v) is 13.5. The molecule has 0 amide bonds. The third-order valence-electron chi connectivity index (χ3n) is 0.750. The molecule has 0 rings (SSSR count). The van der Waals surface area contributed by atoms with Crippen LogP contribution in [0.2, 0.25) is 26.2 Å². The SMILES string of the molecule is C[Si][Si](C)(C)C. The highest BCUT2D eigenvalue weighted by molar-refractivity contribution is 7.22. The minimum absolute atomic E-state index is 0.603. The van der Waals surface area contributed by atoms with Gasteiger partial charge in [-0.1, -0.05) is 26.2 Å². The molecular formula is C4H12Si2. The summed E-state index contributed by atoms with van der Waals surface area (Å²) in [6, 6.07) is 0. The van der Waals surface area contributed by atoms with Crippen LogP contribution >= 0.6 is 0 Å². The van der Waals surface area contributed by atoms with E-state index in [0.29, 0.717) is 0 Å². The Bertz CT molecular complexity index is 35.3. The van der Waals surface area contributed by atoms with E-state index in [1.165, 1.54) is 9.04 Å². The van der Waals surface area contributed by atoms with Crippen molar-refractivity contribution in [1.82, 2.24) is 0 Å². The summed E-state index contributed by atoms with van der Waals surface area (Å²) in [6.45, 7) is 9.48. The topological polar surface area (TPSA) is 0 Å². The molecule has 0 aliphatic carbocycles. The lowest BCUT2D eigenvalue weighted by molar-refractivity contribution is 1.85. The summed E-state index contributed by atoms with van der Waals surface area (Å²) in [5.74, 6) is 0. The molecule has 0 aromatic rings. The van der Waals surface area contributed by atoms with Crippen molar-refractivity contribution in [2.45, 2.75) is 26.2 Å². The monoisotopic (exact) mass is 116 g/mol. The van der Waals surface area contributed by atoms with E-state index in [1.807, 2.05) is 0 Å². The van der Waals surface area contributed by atoms with Crippen molar-refractivity contribution in [2.75, 3.05) is 0 Å². The number of hydrogen-bond acceptors (Lipinski definition) is 0. The molecule has 0 nitrogen and oxygen atoms in total. The fraction of sp³-hybridized carbons (Fsp3) is 1.00. The Morgan fingerprint density at radius 3 is 1.33 bits per heavy atom. The first-order valence-electron chi connectivity index (χ1n) is 2.25. The van der Waals surface area contributed by atoms with Crippen molar-refractivity contribution in [1.29, 1.82) is 0 Å². The second kappa shape index (κ2) is 1.93. The first kappa shape index (κ1) is 6.43. The van der Waals surface area contributed by atoms with Gasteiger partial charge < -0.3 is 0 Å². The van der Waals surface area contributed by atoms with E-state index >= 15 is 0 Å². The Labute approximate surface area is 43.6 Å². The van der Waals surface area contributed by atoms with Crippen LogP contribution in [-0.4, -0.2) is 16.6 Å². The second-order valence-electron chi connectivity index (χ2n) is 2.50. The van der Waals surface area contributed by atoms with Crippen LogP contribution in [0.25, 0.3) is 0 Å². The Morgan fingerprint density at radius 2 is 1.33 bits per heavy atom. The molecule has 0 aromatic carbocycles. The van der Waals surface area contributed by atoms with Crippen molar-refractivity contribution in [3.05, 3.63) is 0 Å². The van der Waals surface area contributed by atoms with Gasteiger partial charge in [-0.2, -0.15) is 0 Å². The van der Waals surface area contributed by atoms with Crippen LogP contribution in [0.5, 0.6) is 0 Å². The summed E-state index contributed by atoms with van der Waals surface area (Å²) in [7, 11) is 0.603. The van der Waals surface area contributed by atoms with Crippen molar-refractivity contribution in [3.63, 3.8) is 0 Å². The molecule has 36 valence electrons. The largest absolute Gasteiger partial charge is 0.0754 e. The summed E-state index contributed by atoms with van der Waals surface area (Å²) in [5.41, 5.74) is 0. The molecule has 0 aliphatic rings. The molecule has 0 spiro atoms. The zero-order chi connectivity index (χ0) is 5.21. The van der Waals surface area contributed by atoms with Gasteiger partial charge >= 0.3 is 0 Å². The van der Waals surface area contributed by atoms with Crippen LogP contribution in [0.1, 0.15) is 0 Å². The Balaban J connectivity index is 3.17. The summed E-state index contributed by atoms with van der Waals surface area (Å²) >= 11 is 0. The predicted molar refractivity (Wildman–Crippen MR) is 35.0 cm³/mol. The van der Waals surface area contributed by atoms with Crippen LogP contribution in [0.15, 0.2) is 0 Å². The van der Waals surface area contributed by atoms with E-state index in [2.05, 4.69) is 26.2 Å². The van der Waals surface area contributed by atoms with Gasteiger partial charge in [0.15, 0.2) is 0 Å². The van der Waals surface area contributed by atoms with Crippen LogP contribution in [0.4, 0.5) is 0 Å². The zero-order valence-electron chi connectivity index (χ0n) is 5.00. The summed E-state index contributed by atoms with van der Waals surface area (Å²) in [5, 5.41) is 0. The van der Waals surface area contributed by atoms with Gasteiger partial charge in [-0.05, 0) is 0 Å². The molecule has 2 heteroatoms. The molecule has 2 radical (unpaired) electrons. The highest BCUT2D eigenvalue weighted by atomic mass is 29.2. The summed E-state index contributed by atoms with van der Waals surface area (Å²) in [4.78, 5) is 0. The normalized spacial score (nSPS) is 12.0. The lowest BCUT2D eigenvalue weighted by Crippen LogP contribution is -2.26. The first-order valence-corrected chi connectivity index (χ1v) is 8.25. The highest BCUT2D eigenvalue weighted by Crippen LogP contribution is 1.94. The van der Waals surface area contributed by atoms with Crippen molar-refractivity contribution in [2.24, 2.45) is 0 Å². The average molecular weight is 116 g/mol. The molecule has 0 fully saturated rings. The Morgan fingerprint density at radius 1 is 1.17 bits per heavy atom. The maximum Gasteiger partial charge on any atom is 0.0324 e. The summed E-state index contributed by atoms with van der Waals surface area (Å²) in [6.07, 6.45) is 0. The van der Waals surface area contributed by atoms with Crippen molar-refractivity contribution in [3.8, 4) is 0 Å². The number of rotatable bonds is 1. The quantitative estimate of drug-likeness (QED) is 0.456. The molecule has 0 aliphatic heterocycles. The maximum atomic E-state index is 2.39. The van der Waals surface area contributed by atoms with Gasteiger partial charge in [-0.15, -0.1) is 0 Å². The molecule has 0 aromatic heterocycles. The van der Waals surface area contributed by atoms with Gasteiger partial charge in [0.1, 0.15) is 0 Å². The van der Waals surface area contributed by atoms with E-state index in [-0.39, 0.29) is 0 Å². The third-order valence-corrected chi connectivity index (χ3v) is 6.75. The minimum Gasteiger partial charge on any atom is -0.0754 e. The van der Waals surface area contributed by atoms with Crippen molar-refractivity contribution < 1.29 is 0 Å². The van der Waals surface area contributed by atoms with Crippen LogP contribution < -0.4 is 0 Å². The molecule has 0 heterocycles. The van der Waals surface area contributed by atoms with Gasteiger partial charge in [-0.25, -0.2) is 0 Å². The highest BCUT2D eigenvalue weighted by Gasteiger charge is 2.07. The number of hydrogen-bond donors (Lipinski definition) is 0. The van der Waals surface area contributed by atoms with Crippen LogP contribution in [0.3, 0.4) is 0 Å². The van der Waals surface area contributed by atoms with Crippen LogP contribution in [-0.2, 0) is 0 Å². The molecule has 0 saturated carbocycles. The fourth-order valence-corrected chi connectivity index (χ4v) is 0. The molecule has 0 unspecified atom stereocenters. The van der Waals surface area contributed by atoms with Crippen molar-refractivity contribution >= 4 is 16.6 Å². The first-order chi connectivity index (χ1) is 2.56. The Hall–Kier alpha value is 0.434. The van der Waals surface area contributed by atoms with E-state index < -0.39 is 7.59 Å². The van der Waals surface area contributed by atoms with E-state index in [9.17, 15) is 0 Å². The fourth-order valence-electron chi connectivity index (χ4n) is 0. The minimum atomic E-state index is -0.603. The molecule has 6 heavy (non-hydrogen) atoms. The van der Waals surface area contributed by atoms with Gasteiger partial charge in [0.25, 0.3) is 0 Å². The molecule has 0 N–H and O–H groups in total.